The van der Waals surface area contributed by atoms with Crippen LogP contribution >= 0.6 is 11.8 Å². The summed E-state index contributed by atoms with van der Waals surface area (Å²) in [5.41, 5.74) is 2.27. The zero-order valence-electron chi connectivity index (χ0n) is 20.8. The van der Waals surface area contributed by atoms with Gasteiger partial charge in [0.1, 0.15) is 5.75 Å². The molecule has 11 heteroatoms. The van der Waals surface area contributed by atoms with Gasteiger partial charge in [0.05, 0.1) is 17.8 Å². The van der Waals surface area contributed by atoms with Crippen molar-refractivity contribution in [1.29, 1.82) is 0 Å². The third-order valence-corrected chi connectivity index (χ3v) is 9.01. The summed E-state index contributed by atoms with van der Waals surface area (Å²) < 4.78 is 34.1. The average Bonchev–Trinajstić information content (AvgIpc) is 3.64. The Morgan fingerprint density at radius 2 is 1.63 bits per heavy atom. The quantitative estimate of drug-likeness (QED) is 0.307. The molecule has 0 saturated carbocycles. The number of ether oxygens (including phenoxy) is 1. The lowest BCUT2D eigenvalue weighted by Crippen LogP contribution is -2.27. The van der Waals surface area contributed by atoms with E-state index in [1.807, 2.05) is 59.2 Å². The van der Waals surface area contributed by atoms with Gasteiger partial charge >= 0.3 is 0 Å². The van der Waals surface area contributed by atoms with Gasteiger partial charge in [-0.1, -0.05) is 30.0 Å². The molecule has 0 atom stereocenters. The van der Waals surface area contributed by atoms with Crippen molar-refractivity contribution >= 4 is 33.4 Å². The van der Waals surface area contributed by atoms with Crippen molar-refractivity contribution in [3.05, 3.63) is 78.9 Å². The molecule has 1 aliphatic heterocycles. The van der Waals surface area contributed by atoms with Gasteiger partial charge in [-0.05, 0) is 73.5 Å². The van der Waals surface area contributed by atoms with Crippen LogP contribution in [0, 0.1) is 0 Å². The number of sulfonamides is 1. The third kappa shape index (κ3) is 5.59. The van der Waals surface area contributed by atoms with E-state index in [1.54, 1.807) is 19.2 Å². The summed E-state index contributed by atoms with van der Waals surface area (Å²) in [6, 6.07) is 23.5. The molecule has 1 amide bonds. The van der Waals surface area contributed by atoms with Crippen LogP contribution in [0.4, 0.5) is 5.69 Å². The molecule has 0 spiro atoms. The lowest BCUT2D eigenvalue weighted by atomic mass is 10.2. The molecular weight excluding hydrogens is 522 g/mol. The summed E-state index contributed by atoms with van der Waals surface area (Å²) in [5, 5.41) is 12.2. The van der Waals surface area contributed by atoms with E-state index in [4.69, 9.17) is 4.74 Å². The first-order valence-electron chi connectivity index (χ1n) is 12.1. The second-order valence-electron chi connectivity index (χ2n) is 8.68. The summed E-state index contributed by atoms with van der Waals surface area (Å²) in [6.07, 6.45) is 1.76. The minimum atomic E-state index is -3.49. The molecule has 1 fully saturated rings. The maximum atomic E-state index is 12.7. The fourth-order valence-corrected chi connectivity index (χ4v) is 6.48. The average molecular weight is 550 g/mol. The maximum absolute atomic E-state index is 12.7. The number of nitrogens with one attached hydrogen (secondary N) is 1. The number of carbonyl (C=O) groups is 1. The summed E-state index contributed by atoms with van der Waals surface area (Å²) in [4.78, 5) is 13.0. The second-order valence-corrected chi connectivity index (χ2v) is 11.6. The number of amides is 1. The van der Waals surface area contributed by atoms with Crippen molar-refractivity contribution in [2.45, 2.75) is 22.9 Å². The number of carbonyl (C=O) groups excluding carboxylic acids is 1. The summed E-state index contributed by atoms with van der Waals surface area (Å²) in [7, 11) is -1.88. The molecule has 5 rings (SSSR count). The van der Waals surface area contributed by atoms with Gasteiger partial charge < -0.3 is 10.1 Å². The fraction of sp³-hybridized carbons (Fsp3) is 0.222. The number of hydrogen-bond donors (Lipinski definition) is 1. The second kappa shape index (κ2) is 11.4. The molecule has 1 aromatic heterocycles. The van der Waals surface area contributed by atoms with Crippen molar-refractivity contribution in [2.75, 3.05) is 31.3 Å². The van der Waals surface area contributed by atoms with E-state index in [-0.39, 0.29) is 16.6 Å². The van der Waals surface area contributed by atoms with Crippen LogP contribution in [-0.2, 0) is 14.8 Å². The number of rotatable bonds is 9. The molecule has 1 N–H and O–H groups in total. The van der Waals surface area contributed by atoms with Crippen LogP contribution in [0.15, 0.2) is 88.9 Å². The molecule has 1 aliphatic rings. The van der Waals surface area contributed by atoms with Crippen LogP contribution < -0.4 is 10.1 Å². The minimum absolute atomic E-state index is 0.0986. The molecule has 0 unspecified atom stereocenters. The van der Waals surface area contributed by atoms with E-state index < -0.39 is 10.0 Å². The molecule has 196 valence electrons. The predicted octanol–water partition coefficient (Wildman–Crippen LogP) is 4.46. The summed E-state index contributed by atoms with van der Waals surface area (Å²) in [6.45, 7) is 1.09. The maximum Gasteiger partial charge on any atom is 0.243 e. The van der Waals surface area contributed by atoms with E-state index in [9.17, 15) is 13.2 Å². The number of anilines is 1. The van der Waals surface area contributed by atoms with Gasteiger partial charge in [-0.25, -0.2) is 8.42 Å². The Hall–Kier alpha value is -3.67. The van der Waals surface area contributed by atoms with E-state index in [1.165, 1.54) is 28.2 Å². The highest BCUT2D eigenvalue weighted by atomic mass is 32.2. The van der Waals surface area contributed by atoms with Crippen molar-refractivity contribution in [3.63, 3.8) is 0 Å². The Bertz CT molecular complexity index is 1500. The Kier molecular flexibility index (Phi) is 7.77. The highest BCUT2D eigenvalue weighted by molar-refractivity contribution is 7.99. The van der Waals surface area contributed by atoms with Crippen LogP contribution in [0.25, 0.3) is 17.1 Å². The third-order valence-electron chi connectivity index (χ3n) is 6.17. The predicted molar refractivity (Wildman–Crippen MR) is 147 cm³/mol. The number of para-hydroxylation sites is 1. The van der Waals surface area contributed by atoms with Gasteiger partial charge in [-0.3, -0.25) is 9.36 Å². The summed E-state index contributed by atoms with van der Waals surface area (Å²) in [5.74, 6) is 1.25. The van der Waals surface area contributed by atoms with E-state index >= 15 is 0 Å². The first kappa shape index (κ1) is 26.0. The van der Waals surface area contributed by atoms with E-state index in [2.05, 4.69) is 15.5 Å². The van der Waals surface area contributed by atoms with Crippen molar-refractivity contribution < 1.29 is 17.9 Å². The smallest absolute Gasteiger partial charge is 0.243 e. The zero-order valence-corrected chi connectivity index (χ0v) is 22.4. The standard InChI is InChI=1S/C27H27N5O4S2/c1-36-23-13-9-20(10-14-23)26-29-30-27(32(26)22-7-3-2-4-8-22)37-19-25(33)28-21-11-15-24(16-12-21)38(34,35)31-17-5-6-18-31/h2-4,7-16H,5-6,17-19H2,1H3,(H,28,33). The Labute approximate surface area is 225 Å². The first-order chi connectivity index (χ1) is 18.5. The zero-order chi connectivity index (χ0) is 26.5. The van der Waals surface area contributed by atoms with E-state index in [0.717, 1.165) is 29.8 Å². The highest BCUT2D eigenvalue weighted by Gasteiger charge is 2.27. The van der Waals surface area contributed by atoms with Crippen LogP contribution in [0.2, 0.25) is 0 Å². The Morgan fingerprint density at radius 1 is 0.947 bits per heavy atom. The topological polar surface area (TPSA) is 106 Å². The molecule has 0 bridgehead atoms. The highest BCUT2D eigenvalue weighted by Crippen LogP contribution is 2.29. The Morgan fingerprint density at radius 3 is 2.29 bits per heavy atom. The molecule has 38 heavy (non-hydrogen) atoms. The van der Waals surface area contributed by atoms with E-state index in [0.29, 0.717) is 29.8 Å². The molecule has 3 aromatic carbocycles. The van der Waals surface area contributed by atoms with Crippen molar-refractivity contribution in [2.24, 2.45) is 0 Å². The summed E-state index contributed by atoms with van der Waals surface area (Å²) >= 11 is 1.27. The van der Waals surface area contributed by atoms with Crippen molar-refractivity contribution in [3.8, 4) is 22.8 Å². The minimum Gasteiger partial charge on any atom is -0.497 e. The molecule has 0 aliphatic carbocycles. The normalized spacial score (nSPS) is 13.9. The number of benzene rings is 3. The van der Waals surface area contributed by atoms with Gasteiger partial charge in [0, 0.05) is 30.0 Å². The van der Waals surface area contributed by atoms with Gasteiger partial charge in [-0.15, -0.1) is 10.2 Å². The lowest BCUT2D eigenvalue weighted by Gasteiger charge is -2.15. The lowest BCUT2D eigenvalue weighted by molar-refractivity contribution is -0.113. The Balaban J connectivity index is 1.29. The van der Waals surface area contributed by atoms with Gasteiger partial charge in [0.2, 0.25) is 15.9 Å². The molecule has 0 radical (unpaired) electrons. The number of aromatic nitrogens is 3. The fourth-order valence-electron chi connectivity index (χ4n) is 4.22. The number of hydrogen-bond acceptors (Lipinski definition) is 7. The molecule has 9 nitrogen and oxygen atoms in total. The van der Waals surface area contributed by atoms with Gasteiger partial charge in [0.15, 0.2) is 11.0 Å². The SMILES string of the molecule is COc1ccc(-c2nnc(SCC(=O)Nc3ccc(S(=O)(=O)N4CCCC4)cc3)n2-c2ccccc2)cc1. The van der Waals surface area contributed by atoms with Crippen LogP contribution in [0.5, 0.6) is 5.75 Å². The largest absolute Gasteiger partial charge is 0.497 e. The first-order valence-corrected chi connectivity index (χ1v) is 14.6. The molecular formula is C27H27N5O4S2. The van der Waals surface area contributed by atoms with Crippen molar-refractivity contribution in [1.82, 2.24) is 19.1 Å². The van der Waals surface area contributed by atoms with Crippen LogP contribution in [-0.4, -0.2) is 59.3 Å². The number of thioether (sulfide) groups is 1. The molecule has 1 saturated heterocycles. The van der Waals surface area contributed by atoms with Gasteiger partial charge in [0.25, 0.3) is 0 Å². The van der Waals surface area contributed by atoms with Crippen LogP contribution in [0.3, 0.4) is 0 Å². The van der Waals surface area contributed by atoms with Gasteiger partial charge in [-0.2, -0.15) is 4.31 Å². The molecule has 4 aromatic rings. The molecule has 2 heterocycles. The monoisotopic (exact) mass is 549 g/mol. The number of methoxy groups -OCH3 is 1. The number of nitrogens with zero attached hydrogens (tertiary/aromatic N) is 4. The van der Waals surface area contributed by atoms with Crippen LogP contribution in [0.1, 0.15) is 12.8 Å².